The van der Waals surface area contributed by atoms with Gasteiger partial charge in [0.15, 0.2) is 4.60 Å². The second-order valence-corrected chi connectivity index (χ2v) is 6.27. The third-order valence-corrected chi connectivity index (χ3v) is 4.50. The first-order valence-electron chi connectivity index (χ1n) is 6.70. The van der Waals surface area contributed by atoms with Crippen molar-refractivity contribution >= 4 is 31.9 Å². The smallest absolute Gasteiger partial charge is 0.153 e. The minimum absolute atomic E-state index is 0.0243. The Morgan fingerprint density at radius 2 is 2.14 bits per heavy atom. The van der Waals surface area contributed by atoms with Gasteiger partial charge in [-0.05, 0) is 52.7 Å². The summed E-state index contributed by atoms with van der Waals surface area (Å²) in [5, 5.41) is 11.7. The number of hydrogen-bond donors (Lipinski definition) is 1. The van der Waals surface area contributed by atoms with E-state index in [1.54, 1.807) is 11.8 Å². The van der Waals surface area contributed by atoms with E-state index in [1.807, 2.05) is 25.2 Å². The number of nitrogens with one attached hydrogen (secondary N) is 1. The van der Waals surface area contributed by atoms with Gasteiger partial charge < -0.3 is 10.1 Å². The second-order valence-electron chi connectivity index (χ2n) is 4.66. The number of hydrogen-bond acceptors (Lipinski definition) is 4. The van der Waals surface area contributed by atoms with Crippen molar-refractivity contribution in [3.05, 3.63) is 38.5 Å². The highest BCUT2D eigenvalue weighted by molar-refractivity contribution is 9.10. The fourth-order valence-corrected chi connectivity index (χ4v) is 3.19. The highest BCUT2D eigenvalue weighted by Crippen LogP contribution is 2.33. The van der Waals surface area contributed by atoms with Crippen LogP contribution in [0.15, 0.2) is 27.3 Å². The highest BCUT2D eigenvalue weighted by atomic mass is 79.9. The van der Waals surface area contributed by atoms with E-state index in [1.165, 1.54) is 0 Å². The Kier molecular flexibility index (Phi) is 5.78. The fourth-order valence-electron chi connectivity index (χ4n) is 2.16. The molecule has 0 amide bonds. The molecule has 114 valence electrons. The average molecular weight is 418 g/mol. The molecule has 1 aromatic heterocycles. The van der Waals surface area contributed by atoms with Gasteiger partial charge in [-0.15, -0.1) is 5.10 Å². The van der Waals surface area contributed by atoms with Crippen LogP contribution < -0.4 is 10.1 Å². The van der Waals surface area contributed by atoms with E-state index >= 15 is 0 Å². The van der Waals surface area contributed by atoms with Gasteiger partial charge >= 0.3 is 0 Å². The van der Waals surface area contributed by atoms with E-state index in [2.05, 4.69) is 54.4 Å². The van der Waals surface area contributed by atoms with Crippen LogP contribution >= 0.6 is 31.9 Å². The van der Waals surface area contributed by atoms with Gasteiger partial charge in [-0.2, -0.15) is 0 Å². The summed E-state index contributed by atoms with van der Waals surface area (Å²) in [6.45, 7) is 3.03. The summed E-state index contributed by atoms with van der Waals surface area (Å²) in [6, 6.07) is 5.92. The van der Waals surface area contributed by atoms with Crippen LogP contribution in [0.2, 0.25) is 0 Å². The summed E-state index contributed by atoms with van der Waals surface area (Å²) in [6.07, 6.45) is 1.04. The Bertz CT molecular complexity index is 596. The zero-order chi connectivity index (χ0) is 15.4. The first-order valence-corrected chi connectivity index (χ1v) is 8.29. The SMILES string of the molecule is CCCNC(c1cc(OC)ccc1Br)c1c(Br)nnn1C. The van der Waals surface area contributed by atoms with Crippen molar-refractivity contribution in [2.45, 2.75) is 19.4 Å². The molecule has 2 aromatic rings. The van der Waals surface area contributed by atoms with Crippen LogP contribution in [0, 0.1) is 0 Å². The Morgan fingerprint density at radius 1 is 1.38 bits per heavy atom. The zero-order valence-corrected chi connectivity index (χ0v) is 15.4. The van der Waals surface area contributed by atoms with Crippen molar-refractivity contribution in [2.24, 2.45) is 7.05 Å². The Labute approximate surface area is 141 Å². The van der Waals surface area contributed by atoms with Crippen LogP contribution in [-0.4, -0.2) is 28.6 Å². The number of methoxy groups -OCH3 is 1. The number of nitrogens with zero attached hydrogens (tertiary/aromatic N) is 3. The Hall–Kier alpha value is -0.920. The molecule has 1 aromatic carbocycles. The molecule has 0 saturated carbocycles. The van der Waals surface area contributed by atoms with Crippen molar-refractivity contribution in [3.8, 4) is 5.75 Å². The number of ether oxygens (including phenoxy) is 1. The summed E-state index contributed by atoms with van der Waals surface area (Å²) in [4.78, 5) is 0. The molecule has 0 aliphatic carbocycles. The van der Waals surface area contributed by atoms with E-state index in [0.717, 1.165) is 39.0 Å². The zero-order valence-electron chi connectivity index (χ0n) is 12.2. The van der Waals surface area contributed by atoms with E-state index in [4.69, 9.17) is 4.74 Å². The Morgan fingerprint density at radius 3 is 2.71 bits per heavy atom. The first-order chi connectivity index (χ1) is 10.1. The van der Waals surface area contributed by atoms with Crippen LogP contribution in [0.3, 0.4) is 0 Å². The van der Waals surface area contributed by atoms with Gasteiger partial charge in [-0.1, -0.05) is 28.1 Å². The lowest BCUT2D eigenvalue weighted by Crippen LogP contribution is -2.26. The van der Waals surface area contributed by atoms with Crippen LogP contribution in [0.4, 0.5) is 0 Å². The standard InChI is InChI=1S/C14H18Br2N4O/c1-4-7-17-12(13-14(16)18-19-20(13)2)10-8-9(21-3)5-6-11(10)15/h5-6,8,12,17H,4,7H2,1-3H3. The normalized spacial score (nSPS) is 12.4. The molecule has 2 rings (SSSR count). The van der Waals surface area contributed by atoms with Crippen LogP contribution in [0.5, 0.6) is 5.75 Å². The summed E-state index contributed by atoms with van der Waals surface area (Å²) < 4.78 is 8.89. The topological polar surface area (TPSA) is 52.0 Å². The molecule has 0 fully saturated rings. The lowest BCUT2D eigenvalue weighted by atomic mass is 10.0. The lowest BCUT2D eigenvalue weighted by molar-refractivity contribution is 0.413. The minimum Gasteiger partial charge on any atom is -0.497 e. The molecule has 0 aliphatic heterocycles. The highest BCUT2D eigenvalue weighted by Gasteiger charge is 2.23. The van der Waals surface area contributed by atoms with Crippen molar-refractivity contribution in [1.82, 2.24) is 20.3 Å². The third kappa shape index (κ3) is 3.64. The maximum Gasteiger partial charge on any atom is 0.153 e. The predicted octanol–water partition coefficient (Wildman–Crippen LogP) is 3.44. The van der Waals surface area contributed by atoms with Gasteiger partial charge in [-0.3, -0.25) is 0 Å². The summed E-state index contributed by atoms with van der Waals surface area (Å²) in [7, 11) is 3.56. The largest absolute Gasteiger partial charge is 0.497 e. The van der Waals surface area contributed by atoms with Gasteiger partial charge in [0.05, 0.1) is 18.8 Å². The molecule has 0 bridgehead atoms. The number of halogens is 2. The lowest BCUT2D eigenvalue weighted by Gasteiger charge is -2.21. The van der Waals surface area contributed by atoms with Crippen molar-refractivity contribution < 1.29 is 4.74 Å². The van der Waals surface area contributed by atoms with Gasteiger partial charge in [0.1, 0.15) is 5.75 Å². The maximum atomic E-state index is 5.34. The fraction of sp³-hybridized carbons (Fsp3) is 0.429. The van der Waals surface area contributed by atoms with Gasteiger partial charge in [0.25, 0.3) is 0 Å². The van der Waals surface area contributed by atoms with E-state index in [0.29, 0.717) is 0 Å². The molecule has 1 unspecified atom stereocenters. The van der Waals surface area contributed by atoms with Gasteiger partial charge in [-0.25, -0.2) is 4.68 Å². The number of benzene rings is 1. The molecule has 7 heteroatoms. The predicted molar refractivity (Wildman–Crippen MR) is 89.5 cm³/mol. The average Bonchev–Trinajstić information content (AvgIpc) is 2.81. The van der Waals surface area contributed by atoms with Crippen LogP contribution in [0.1, 0.15) is 30.6 Å². The molecule has 5 nitrogen and oxygen atoms in total. The molecule has 21 heavy (non-hydrogen) atoms. The number of rotatable bonds is 6. The summed E-state index contributed by atoms with van der Waals surface area (Å²) >= 11 is 7.11. The van der Waals surface area contributed by atoms with Crippen LogP contribution in [-0.2, 0) is 7.05 Å². The Balaban J connectivity index is 2.50. The van der Waals surface area contributed by atoms with Crippen molar-refractivity contribution in [2.75, 3.05) is 13.7 Å². The van der Waals surface area contributed by atoms with Gasteiger partial charge in [0, 0.05) is 11.5 Å². The minimum atomic E-state index is -0.0243. The summed E-state index contributed by atoms with van der Waals surface area (Å²) in [5.74, 6) is 0.822. The molecule has 0 saturated heterocycles. The van der Waals surface area contributed by atoms with Gasteiger partial charge in [0.2, 0.25) is 0 Å². The van der Waals surface area contributed by atoms with E-state index < -0.39 is 0 Å². The first kappa shape index (κ1) is 16.5. The quantitative estimate of drug-likeness (QED) is 0.782. The molecule has 0 aliphatic rings. The monoisotopic (exact) mass is 416 g/mol. The number of aromatic nitrogens is 3. The molecule has 0 radical (unpaired) electrons. The summed E-state index contributed by atoms with van der Waals surface area (Å²) in [5.41, 5.74) is 2.08. The molecular weight excluding hydrogens is 400 g/mol. The van der Waals surface area contributed by atoms with E-state index in [-0.39, 0.29) is 6.04 Å². The molecule has 1 heterocycles. The molecule has 1 N–H and O–H groups in total. The molecular formula is C14H18Br2N4O. The number of aryl methyl sites for hydroxylation is 1. The molecule has 0 spiro atoms. The maximum absolute atomic E-state index is 5.34. The van der Waals surface area contributed by atoms with Crippen LogP contribution in [0.25, 0.3) is 0 Å². The molecule has 1 atom stereocenters. The van der Waals surface area contributed by atoms with Crippen molar-refractivity contribution in [1.29, 1.82) is 0 Å². The third-order valence-electron chi connectivity index (χ3n) is 3.21. The van der Waals surface area contributed by atoms with Crippen molar-refractivity contribution in [3.63, 3.8) is 0 Å². The second kappa shape index (κ2) is 7.38. The van der Waals surface area contributed by atoms with E-state index in [9.17, 15) is 0 Å².